The summed E-state index contributed by atoms with van der Waals surface area (Å²) in [5.74, 6) is -0.0907. The van der Waals surface area contributed by atoms with Crippen LogP contribution in [-0.4, -0.2) is 61.2 Å². The number of nitrogens with one attached hydrogen (secondary N) is 1. The Bertz CT molecular complexity index is 620. The van der Waals surface area contributed by atoms with Crippen molar-refractivity contribution in [3.05, 3.63) is 11.9 Å². The van der Waals surface area contributed by atoms with E-state index in [9.17, 15) is 9.59 Å². The number of carbonyl (C=O) groups is 2. The van der Waals surface area contributed by atoms with Crippen molar-refractivity contribution < 1.29 is 19.1 Å². The molecule has 1 heterocycles. The topological polar surface area (TPSA) is 120 Å². The fourth-order valence-corrected chi connectivity index (χ4v) is 2.48. The number of hydrogen-bond acceptors (Lipinski definition) is 7. The van der Waals surface area contributed by atoms with Gasteiger partial charge in [0.25, 0.3) is 11.8 Å². The first-order chi connectivity index (χ1) is 12.8. The molecule has 1 aromatic rings. The Morgan fingerprint density at radius 2 is 1.93 bits per heavy atom. The number of methoxy groups -OCH3 is 1. The van der Waals surface area contributed by atoms with Crippen LogP contribution in [0.2, 0.25) is 0 Å². The van der Waals surface area contributed by atoms with Crippen molar-refractivity contribution in [3.8, 4) is 5.88 Å². The van der Waals surface area contributed by atoms with Gasteiger partial charge in [-0.05, 0) is 26.2 Å². The molecule has 9 heteroatoms. The van der Waals surface area contributed by atoms with E-state index in [1.54, 1.807) is 7.11 Å². The summed E-state index contributed by atoms with van der Waals surface area (Å²) in [5.41, 5.74) is 5.45. The van der Waals surface area contributed by atoms with Crippen molar-refractivity contribution in [2.45, 2.75) is 40.2 Å². The average molecular weight is 381 g/mol. The molecule has 2 amide bonds. The van der Waals surface area contributed by atoms with Crippen molar-refractivity contribution in [3.63, 3.8) is 0 Å². The molecule has 1 rings (SSSR count). The molecular weight excluding hydrogens is 350 g/mol. The Hall–Kier alpha value is -2.42. The number of aromatic nitrogens is 2. The lowest BCUT2D eigenvalue weighted by Crippen LogP contribution is -2.45. The van der Waals surface area contributed by atoms with Gasteiger partial charge in [0.2, 0.25) is 5.91 Å². The van der Waals surface area contributed by atoms with Crippen LogP contribution in [0.15, 0.2) is 6.20 Å². The van der Waals surface area contributed by atoms with Gasteiger partial charge in [0.15, 0.2) is 11.5 Å². The summed E-state index contributed by atoms with van der Waals surface area (Å²) in [6.45, 7) is 9.98. The van der Waals surface area contributed by atoms with Gasteiger partial charge in [0, 0.05) is 20.2 Å². The van der Waals surface area contributed by atoms with Crippen LogP contribution in [-0.2, 0) is 9.53 Å². The molecule has 27 heavy (non-hydrogen) atoms. The molecule has 0 aliphatic heterocycles. The Morgan fingerprint density at radius 1 is 1.26 bits per heavy atom. The van der Waals surface area contributed by atoms with E-state index in [0.717, 1.165) is 13.1 Å². The van der Waals surface area contributed by atoms with Crippen LogP contribution in [0.5, 0.6) is 5.88 Å². The molecule has 0 spiro atoms. The highest BCUT2D eigenvalue weighted by Crippen LogP contribution is 2.23. The van der Waals surface area contributed by atoms with Gasteiger partial charge in [-0.2, -0.15) is 0 Å². The maximum absolute atomic E-state index is 12.5. The zero-order valence-electron chi connectivity index (χ0n) is 16.8. The van der Waals surface area contributed by atoms with Crippen LogP contribution in [0.4, 0.5) is 5.82 Å². The summed E-state index contributed by atoms with van der Waals surface area (Å²) in [4.78, 5) is 34.8. The van der Waals surface area contributed by atoms with Crippen LogP contribution in [0.3, 0.4) is 0 Å². The maximum atomic E-state index is 12.5. The quantitative estimate of drug-likeness (QED) is 0.518. The Kier molecular flexibility index (Phi) is 9.49. The summed E-state index contributed by atoms with van der Waals surface area (Å²) in [7, 11) is 1.57. The molecule has 9 nitrogen and oxygen atoms in total. The first-order valence-corrected chi connectivity index (χ1v) is 9.17. The van der Waals surface area contributed by atoms with Crippen molar-refractivity contribution >= 4 is 17.6 Å². The van der Waals surface area contributed by atoms with E-state index in [-0.39, 0.29) is 24.1 Å². The van der Waals surface area contributed by atoms with Crippen molar-refractivity contribution in [1.29, 1.82) is 0 Å². The summed E-state index contributed by atoms with van der Waals surface area (Å²) >= 11 is 0. The zero-order chi connectivity index (χ0) is 20.4. The summed E-state index contributed by atoms with van der Waals surface area (Å²) in [6, 6.07) is -0.764. The molecule has 0 saturated carbocycles. The highest BCUT2D eigenvalue weighted by Gasteiger charge is 2.23. The van der Waals surface area contributed by atoms with Gasteiger partial charge >= 0.3 is 0 Å². The fraction of sp³-hybridized carbons (Fsp3) is 0.667. The zero-order valence-corrected chi connectivity index (χ0v) is 16.8. The molecule has 3 N–H and O–H groups in total. The van der Waals surface area contributed by atoms with Crippen LogP contribution >= 0.6 is 0 Å². The van der Waals surface area contributed by atoms with Gasteiger partial charge in [-0.25, -0.2) is 9.97 Å². The fourth-order valence-electron chi connectivity index (χ4n) is 2.48. The first-order valence-electron chi connectivity index (χ1n) is 9.17. The highest BCUT2D eigenvalue weighted by atomic mass is 16.5. The lowest BCUT2D eigenvalue weighted by Gasteiger charge is -2.22. The van der Waals surface area contributed by atoms with Crippen molar-refractivity contribution in [1.82, 2.24) is 15.3 Å². The van der Waals surface area contributed by atoms with Gasteiger partial charge in [-0.3, -0.25) is 9.59 Å². The number of ether oxygens (including phenoxy) is 2. The molecule has 0 unspecified atom stereocenters. The lowest BCUT2D eigenvalue weighted by atomic mass is 10.0. The Balaban J connectivity index is 3.06. The van der Waals surface area contributed by atoms with E-state index in [4.69, 9.17) is 15.2 Å². The second-order valence-electron chi connectivity index (χ2n) is 6.46. The second-order valence-corrected chi connectivity index (χ2v) is 6.46. The summed E-state index contributed by atoms with van der Waals surface area (Å²) < 4.78 is 10.7. The van der Waals surface area contributed by atoms with E-state index < -0.39 is 17.9 Å². The van der Waals surface area contributed by atoms with Gasteiger partial charge in [-0.15, -0.1) is 0 Å². The molecule has 0 bridgehead atoms. The number of hydrogen-bond donors (Lipinski definition) is 2. The number of carbonyl (C=O) groups excluding carboxylic acids is 2. The lowest BCUT2D eigenvalue weighted by molar-refractivity contribution is -0.120. The van der Waals surface area contributed by atoms with Crippen molar-refractivity contribution in [2.24, 2.45) is 11.7 Å². The third-order valence-electron chi connectivity index (χ3n) is 3.90. The van der Waals surface area contributed by atoms with Crippen LogP contribution in [0.25, 0.3) is 0 Å². The molecular formula is C18H31N5O4. The monoisotopic (exact) mass is 381 g/mol. The number of amides is 2. The minimum Gasteiger partial charge on any atom is -0.473 e. The van der Waals surface area contributed by atoms with Gasteiger partial charge in [-0.1, -0.05) is 13.8 Å². The van der Waals surface area contributed by atoms with E-state index in [1.165, 1.54) is 6.20 Å². The standard InChI is InChI=1S/C18H31N5O4/c1-6-23(7-2)16-18(27-9-8-26-5)22-14(11-20-16)17(25)21-13(15(19)24)10-12(3)4/h11-13H,6-10H2,1-5H3,(H2,19,24)(H,21,25)/t13-/m0/s1. The first kappa shape index (κ1) is 22.6. The molecule has 0 fully saturated rings. The van der Waals surface area contributed by atoms with Crippen LogP contribution < -0.4 is 20.7 Å². The largest absolute Gasteiger partial charge is 0.473 e. The number of nitrogens with two attached hydrogens (primary N) is 1. The number of nitrogens with zero attached hydrogens (tertiary/aromatic N) is 3. The van der Waals surface area contributed by atoms with E-state index in [2.05, 4.69) is 15.3 Å². The molecule has 0 aromatic carbocycles. The van der Waals surface area contributed by atoms with Gasteiger partial charge < -0.3 is 25.4 Å². The smallest absolute Gasteiger partial charge is 0.272 e. The maximum Gasteiger partial charge on any atom is 0.272 e. The van der Waals surface area contributed by atoms with E-state index >= 15 is 0 Å². The van der Waals surface area contributed by atoms with Crippen LogP contribution in [0.1, 0.15) is 44.6 Å². The molecule has 1 atom stereocenters. The van der Waals surface area contributed by atoms with E-state index in [1.807, 2.05) is 32.6 Å². The van der Waals surface area contributed by atoms with Crippen molar-refractivity contribution in [2.75, 3.05) is 38.3 Å². The third kappa shape index (κ3) is 7.01. The van der Waals surface area contributed by atoms with Crippen LogP contribution in [0, 0.1) is 5.92 Å². The molecule has 0 aliphatic rings. The molecule has 0 saturated heterocycles. The average Bonchev–Trinajstić information content (AvgIpc) is 2.62. The normalized spacial score (nSPS) is 11.9. The minimum atomic E-state index is -0.764. The third-order valence-corrected chi connectivity index (χ3v) is 3.90. The highest BCUT2D eigenvalue weighted by molar-refractivity contribution is 5.95. The SMILES string of the molecule is CCN(CC)c1ncc(C(=O)N[C@@H](CC(C)C)C(N)=O)nc1OCCOC. The van der Waals surface area contributed by atoms with Gasteiger partial charge in [0.05, 0.1) is 12.8 Å². The predicted molar refractivity (Wildman–Crippen MR) is 103 cm³/mol. The number of anilines is 1. The second kappa shape index (κ2) is 11.3. The van der Waals surface area contributed by atoms with Gasteiger partial charge in [0.1, 0.15) is 12.6 Å². The Morgan fingerprint density at radius 3 is 2.44 bits per heavy atom. The summed E-state index contributed by atoms with van der Waals surface area (Å²) in [6.07, 6.45) is 1.82. The number of primary amides is 1. The Labute approximate surface area is 160 Å². The summed E-state index contributed by atoms with van der Waals surface area (Å²) in [5, 5.41) is 2.63. The predicted octanol–water partition coefficient (Wildman–Crippen LogP) is 0.978. The minimum absolute atomic E-state index is 0.0633. The molecule has 152 valence electrons. The molecule has 0 aliphatic carbocycles. The number of rotatable bonds is 12. The van der Waals surface area contributed by atoms with E-state index in [0.29, 0.717) is 18.8 Å². The molecule has 1 aromatic heterocycles. The molecule has 0 radical (unpaired) electrons.